The first-order valence-electron chi connectivity index (χ1n) is 9.90. The van der Waals surface area contributed by atoms with Gasteiger partial charge in [-0.1, -0.05) is 42.5 Å². The smallest absolute Gasteiger partial charge is 0.413 e. The number of benzene rings is 2. The fourth-order valence-corrected chi connectivity index (χ4v) is 3.93. The molecule has 2 aliphatic heterocycles. The van der Waals surface area contributed by atoms with Gasteiger partial charge in [0.2, 0.25) is 11.6 Å². The number of nitrogens with zero attached hydrogens (tertiary/aromatic N) is 1. The lowest BCUT2D eigenvalue weighted by molar-refractivity contribution is -0.196. The van der Waals surface area contributed by atoms with E-state index in [1.807, 2.05) is 0 Å². The summed E-state index contributed by atoms with van der Waals surface area (Å²) in [5.41, 5.74) is -1.56. The second-order valence-electron chi connectivity index (χ2n) is 7.37. The normalized spacial score (nSPS) is 24.9. The van der Waals surface area contributed by atoms with E-state index in [1.54, 1.807) is 30.3 Å². The molecule has 2 amide bonds. The lowest BCUT2D eigenvalue weighted by Gasteiger charge is -2.31. The maximum atomic E-state index is 13.3. The van der Waals surface area contributed by atoms with E-state index < -0.39 is 35.6 Å². The van der Waals surface area contributed by atoms with Gasteiger partial charge in [0.15, 0.2) is 5.79 Å². The number of carbonyl (C=O) groups is 2. The Morgan fingerprint density at radius 3 is 2.35 bits per heavy atom. The number of cyclic esters (lactones) is 1. The summed E-state index contributed by atoms with van der Waals surface area (Å²) in [7, 11) is 0. The molecule has 0 saturated carbocycles. The number of amides is 2. The molecule has 1 unspecified atom stereocenters. The van der Waals surface area contributed by atoms with Crippen molar-refractivity contribution < 1.29 is 38.4 Å². The zero-order valence-electron chi connectivity index (χ0n) is 16.6. The van der Waals surface area contributed by atoms with Crippen LogP contribution in [0.25, 0.3) is 0 Å². The van der Waals surface area contributed by atoms with Crippen LogP contribution >= 0.6 is 0 Å². The van der Waals surface area contributed by atoms with Gasteiger partial charge in [-0.15, -0.1) is 0 Å². The quantitative estimate of drug-likeness (QED) is 0.723. The molecule has 2 heterocycles. The van der Waals surface area contributed by atoms with Crippen LogP contribution in [0, 0.1) is 5.82 Å². The summed E-state index contributed by atoms with van der Waals surface area (Å²) in [6.45, 7) is 0.702. The Bertz CT molecular complexity index is 946. The van der Waals surface area contributed by atoms with E-state index in [1.165, 1.54) is 24.3 Å². The number of halogens is 1. The molecular formula is C22H22FNO7. The standard InChI is InChI=1S/C22H22FNO7/c23-17-10-8-15(9-11-17)21(29-13-14-30-21)12-4-7-18(25)24-20(27)31-19(26)22(24,28)16-5-2-1-3-6-16/h1-3,5-6,8-11,19,26,28H,4,7,12-14H2/t19-,22?/m0/s1. The van der Waals surface area contributed by atoms with Gasteiger partial charge < -0.3 is 24.4 Å². The highest BCUT2D eigenvalue weighted by molar-refractivity contribution is 5.94. The molecule has 0 aliphatic carbocycles. The topological polar surface area (TPSA) is 106 Å². The van der Waals surface area contributed by atoms with E-state index in [-0.39, 0.29) is 24.8 Å². The second kappa shape index (κ2) is 8.35. The first kappa shape index (κ1) is 21.4. The molecule has 8 nitrogen and oxygen atoms in total. The molecule has 2 aliphatic rings. The van der Waals surface area contributed by atoms with Crippen molar-refractivity contribution in [2.24, 2.45) is 0 Å². The molecule has 2 N–H and O–H groups in total. The lowest BCUT2D eigenvalue weighted by Crippen LogP contribution is -2.51. The van der Waals surface area contributed by atoms with Gasteiger partial charge in [0.05, 0.1) is 13.2 Å². The number of hydrogen-bond donors (Lipinski definition) is 2. The molecule has 0 radical (unpaired) electrons. The van der Waals surface area contributed by atoms with Crippen LogP contribution in [0.2, 0.25) is 0 Å². The fourth-order valence-electron chi connectivity index (χ4n) is 3.93. The fraction of sp³-hybridized carbons (Fsp3) is 0.364. The van der Waals surface area contributed by atoms with Crippen molar-refractivity contribution in [3.8, 4) is 0 Å². The third-order valence-corrected chi connectivity index (χ3v) is 5.46. The second-order valence-corrected chi connectivity index (χ2v) is 7.37. The SMILES string of the molecule is O=C(CCCC1(c2ccc(F)cc2)OCCO1)N1C(=O)O[C@H](O)C1(O)c1ccccc1. The van der Waals surface area contributed by atoms with Crippen LogP contribution in [-0.4, -0.2) is 46.6 Å². The zero-order valence-corrected chi connectivity index (χ0v) is 16.6. The molecule has 0 spiro atoms. The predicted molar refractivity (Wildman–Crippen MR) is 104 cm³/mol. The van der Waals surface area contributed by atoms with Crippen LogP contribution in [0.4, 0.5) is 9.18 Å². The summed E-state index contributed by atoms with van der Waals surface area (Å²) in [6, 6.07) is 13.6. The van der Waals surface area contributed by atoms with Crippen LogP contribution < -0.4 is 0 Å². The van der Waals surface area contributed by atoms with Crippen LogP contribution in [0.5, 0.6) is 0 Å². The number of hydrogen-bond acceptors (Lipinski definition) is 7. The summed E-state index contributed by atoms with van der Waals surface area (Å²) in [6.07, 6.45) is -2.70. The molecule has 2 aromatic rings. The van der Waals surface area contributed by atoms with Crippen molar-refractivity contribution in [1.29, 1.82) is 0 Å². The number of aliphatic hydroxyl groups is 2. The predicted octanol–water partition coefficient (Wildman–Crippen LogP) is 2.34. The molecule has 9 heteroatoms. The molecule has 0 bridgehead atoms. The number of ether oxygens (including phenoxy) is 3. The Morgan fingerprint density at radius 2 is 1.71 bits per heavy atom. The van der Waals surface area contributed by atoms with E-state index in [2.05, 4.69) is 0 Å². The summed E-state index contributed by atoms with van der Waals surface area (Å²) in [4.78, 5) is 25.6. The van der Waals surface area contributed by atoms with Gasteiger partial charge in [0, 0.05) is 24.0 Å². The van der Waals surface area contributed by atoms with Gasteiger partial charge in [-0.05, 0) is 18.6 Å². The van der Waals surface area contributed by atoms with E-state index in [4.69, 9.17) is 14.2 Å². The number of aliphatic hydroxyl groups excluding tert-OH is 1. The Labute approximate surface area is 177 Å². The summed E-state index contributed by atoms with van der Waals surface area (Å²) in [5, 5.41) is 21.2. The Balaban J connectivity index is 1.48. The van der Waals surface area contributed by atoms with Crippen LogP contribution in [0.1, 0.15) is 30.4 Å². The van der Waals surface area contributed by atoms with E-state index in [0.29, 0.717) is 23.7 Å². The maximum Gasteiger partial charge on any atom is 0.421 e. The molecule has 164 valence electrons. The van der Waals surface area contributed by atoms with Crippen LogP contribution in [0.3, 0.4) is 0 Å². The molecule has 2 fully saturated rings. The molecule has 2 atom stereocenters. The first-order valence-corrected chi connectivity index (χ1v) is 9.90. The molecule has 2 saturated heterocycles. The van der Waals surface area contributed by atoms with E-state index in [0.717, 1.165) is 0 Å². The Morgan fingerprint density at radius 1 is 1.06 bits per heavy atom. The number of carbonyl (C=O) groups excluding carboxylic acids is 2. The minimum absolute atomic E-state index is 0.145. The minimum atomic E-state index is -2.33. The molecule has 31 heavy (non-hydrogen) atoms. The first-order chi connectivity index (χ1) is 14.9. The highest BCUT2D eigenvalue weighted by Gasteiger charge is 2.57. The average molecular weight is 431 g/mol. The van der Waals surface area contributed by atoms with Crippen molar-refractivity contribution in [2.45, 2.75) is 37.1 Å². The number of rotatable bonds is 6. The van der Waals surface area contributed by atoms with Crippen LogP contribution in [-0.2, 0) is 30.5 Å². The van der Waals surface area contributed by atoms with Gasteiger partial charge in [-0.2, -0.15) is 0 Å². The largest absolute Gasteiger partial charge is 0.421 e. The highest BCUT2D eigenvalue weighted by Crippen LogP contribution is 2.39. The summed E-state index contributed by atoms with van der Waals surface area (Å²) in [5.74, 6) is -2.23. The van der Waals surface area contributed by atoms with Gasteiger partial charge in [-0.25, -0.2) is 14.1 Å². The van der Waals surface area contributed by atoms with Gasteiger partial charge in [0.1, 0.15) is 5.82 Å². The Kier molecular flexibility index (Phi) is 5.76. The monoisotopic (exact) mass is 431 g/mol. The van der Waals surface area contributed by atoms with Crippen molar-refractivity contribution in [3.63, 3.8) is 0 Å². The van der Waals surface area contributed by atoms with E-state index >= 15 is 0 Å². The van der Waals surface area contributed by atoms with Crippen molar-refractivity contribution >= 4 is 12.0 Å². The van der Waals surface area contributed by atoms with Gasteiger partial charge in [-0.3, -0.25) is 4.79 Å². The van der Waals surface area contributed by atoms with Crippen molar-refractivity contribution in [3.05, 3.63) is 71.5 Å². The number of imide groups is 1. The van der Waals surface area contributed by atoms with Crippen molar-refractivity contribution in [1.82, 2.24) is 4.90 Å². The molecule has 4 rings (SSSR count). The third-order valence-electron chi connectivity index (χ3n) is 5.46. The Hall–Kier alpha value is -2.85. The lowest BCUT2D eigenvalue weighted by atomic mass is 9.98. The average Bonchev–Trinajstić information content (AvgIpc) is 3.33. The highest BCUT2D eigenvalue weighted by atomic mass is 19.1. The van der Waals surface area contributed by atoms with E-state index in [9.17, 15) is 24.2 Å². The molecular weight excluding hydrogens is 409 g/mol. The summed E-state index contributed by atoms with van der Waals surface area (Å²) < 4.78 is 29.6. The minimum Gasteiger partial charge on any atom is -0.413 e. The van der Waals surface area contributed by atoms with Gasteiger partial charge in [0.25, 0.3) is 6.29 Å². The van der Waals surface area contributed by atoms with Gasteiger partial charge >= 0.3 is 6.09 Å². The summed E-state index contributed by atoms with van der Waals surface area (Å²) >= 11 is 0. The maximum absolute atomic E-state index is 13.3. The van der Waals surface area contributed by atoms with Crippen LogP contribution in [0.15, 0.2) is 54.6 Å². The molecule has 0 aromatic heterocycles. The molecule has 2 aromatic carbocycles. The van der Waals surface area contributed by atoms with Crippen molar-refractivity contribution in [2.75, 3.05) is 13.2 Å². The third kappa shape index (κ3) is 3.81. The zero-order chi connectivity index (χ0) is 22.1.